The molecule has 5 nitrogen and oxygen atoms in total. The number of aromatic nitrogens is 1. The van der Waals surface area contributed by atoms with Crippen molar-refractivity contribution in [1.82, 2.24) is 10.3 Å². The SMILES string of the molecule is COC(C)c1nc(CNC(=O)[C@@H](N)CC(C)C)cs1.Cl.Cl. The predicted octanol–water partition coefficient (Wildman–Crippen LogP) is 2.68. The molecule has 0 fully saturated rings. The van der Waals surface area contributed by atoms with Gasteiger partial charge in [-0.3, -0.25) is 4.79 Å². The summed E-state index contributed by atoms with van der Waals surface area (Å²) in [6.07, 6.45) is 0.673. The molecule has 0 aliphatic rings. The van der Waals surface area contributed by atoms with Gasteiger partial charge in [-0.05, 0) is 19.3 Å². The summed E-state index contributed by atoms with van der Waals surface area (Å²) < 4.78 is 5.20. The highest BCUT2D eigenvalue weighted by molar-refractivity contribution is 7.09. The first-order chi connectivity index (χ1) is 8.93. The molecule has 0 saturated heterocycles. The monoisotopic (exact) mass is 357 g/mol. The predicted molar refractivity (Wildman–Crippen MR) is 91.3 cm³/mol. The summed E-state index contributed by atoms with van der Waals surface area (Å²) in [5.74, 6) is 0.289. The van der Waals surface area contributed by atoms with E-state index in [1.165, 1.54) is 11.3 Å². The molecule has 21 heavy (non-hydrogen) atoms. The molecular formula is C13H25Cl2N3O2S. The van der Waals surface area contributed by atoms with E-state index in [1.54, 1.807) is 7.11 Å². The molecule has 1 rings (SSSR count). The lowest BCUT2D eigenvalue weighted by Crippen LogP contribution is -2.41. The maximum absolute atomic E-state index is 11.8. The first kappa shape index (κ1) is 22.9. The van der Waals surface area contributed by atoms with Gasteiger partial charge in [0.25, 0.3) is 0 Å². The molecule has 0 aliphatic heterocycles. The van der Waals surface area contributed by atoms with Crippen molar-refractivity contribution >= 4 is 42.1 Å². The second kappa shape index (κ2) is 11.2. The van der Waals surface area contributed by atoms with E-state index < -0.39 is 6.04 Å². The highest BCUT2D eigenvalue weighted by Crippen LogP contribution is 2.20. The fraction of sp³-hybridized carbons (Fsp3) is 0.692. The number of nitrogens with zero attached hydrogens (tertiary/aromatic N) is 1. The van der Waals surface area contributed by atoms with Gasteiger partial charge in [-0.25, -0.2) is 4.98 Å². The highest BCUT2D eigenvalue weighted by atomic mass is 35.5. The van der Waals surface area contributed by atoms with Crippen molar-refractivity contribution in [1.29, 1.82) is 0 Å². The first-order valence-electron chi connectivity index (χ1n) is 6.44. The van der Waals surface area contributed by atoms with Crippen LogP contribution in [0.15, 0.2) is 5.38 Å². The number of ether oxygens (including phenoxy) is 1. The summed E-state index contributed by atoms with van der Waals surface area (Å²) in [5, 5.41) is 5.66. The second-order valence-corrected chi connectivity index (χ2v) is 5.90. The van der Waals surface area contributed by atoms with Crippen LogP contribution in [0.3, 0.4) is 0 Å². The van der Waals surface area contributed by atoms with Gasteiger partial charge in [0.05, 0.1) is 18.3 Å². The minimum Gasteiger partial charge on any atom is -0.375 e. The van der Waals surface area contributed by atoms with Crippen molar-refractivity contribution in [2.45, 2.75) is 45.9 Å². The Hall–Kier alpha value is -0.400. The van der Waals surface area contributed by atoms with Crippen molar-refractivity contribution in [2.75, 3.05) is 7.11 Å². The zero-order chi connectivity index (χ0) is 14.4. The van der Waals surface area contributed by atoms with Crippen LogP contribution in [0.2, 0.25) is 0 Å². The summed E-state index contributed by atoms with van der Waals surface area (Å²) in [6.45, 7) is 6.45. The number of methoxy groups -OCH3 is 1. The minimum absolute atomic E-state index is 0. The summed E-state index contributed by atoms with van der Waals surface area (Å²) in [5.41, 5.74) is 6.65. The third kappa shape index (κ3) is 7.97. The molecule has 0 spiro atoms. The van der Waals surface area contributed by atoms with Gasteiger partial charge in [-0.1, -0.05) is 13.8 Å². The van der Waals surface area contributed by atoms with Crippen LogP contribution < -0.4 is 11.1 Å². The van der Waals surface area contributed by atoms with Gasteiger partial charge in [0.2, 0.25) is 5.91 Å². The number of rotatable bonds is 7. The Morgan fingerprint density at radius 3 is 2.57 bits per heavy atom. The van der Waals surface area contributed by atoms with Crippen molar-refractivity contribution in [2.24, 2.45) is 11.7 Å². The molecule has 0 saturated carbocycles. The first-order valence-corrected chi connectivity index (χ1v) is 7.32. The van der Waals surface area contributed by atoms with Gasteiger partial charge in [0.15, 0.2) is 0 Å². The van der Waals surface area contributed by atoms with Gasteiger partial charge in [0.1, 0.15) is 11.1 Å². The van der Waals surface area contributed by atoms with E-state index in [0.29, 0.717) is 18.9 Å². The Morgan fingerprint density at radius 2 is 2.05 bits per heavy atom. The lowest BCUT2D eigenvalue weighted by atomic mass is 10.0. The summed E-state index contributed by atoms with van der Waals surface area (Å²) in [4.78, 5) is 16.2. The average Bonchev–Trinajstić information content (AvgIpc) is 2.82. The number of hydrogen-bond acceptors (Lipinski definition) is 5. The lowest BCUT2D eigenvalue weighted by molar-refractivity contribution is -0.122. The molecule has 2 atom stereocenters. The van der Waals surface area contributed by atoms with Crippen LogP contribution in [0.5, 0.6) is 0 Å². The molecular weight excluding hydrogens is 333 g/mol. The fourth-order valence-electron chi connectivity index (χ4n) is 1.62. The lowest BCUT2D eigenvalue weighted by Gasteiger charge is -2.13. The van der Waals surface area contributed by atoms with Crippen molar-refractivity contribution in [3.8, 4) is 0 Å². The molecule has 3 N–H and O–H groups in total. The average molecular weight is 358 g/mol. The zero-order valence-corrected chi connectivity index (χ0v) is 15.2. The van der Waals surface area contributed by atoms with E-state index in [2.05, 4.69) is 10.3 Å². The Morgan fingerprint density at radius 1 is 1.43 bits per heavy atom. The Kier molecular flexibility index (Phi) is 12.2. The van der Waals surface area contributed by atoms with E-state index in [4.69, 9.17) is 10.5 Å². The number of hydrogen-bond donors (Lipinski definition) is 2. The van der Waals surface area contributed by atoms with Gasteiger partial charge in [-0.2, -0.15) is 0 Å². The van der Waals surface area contributed by atoms with Crippen molar-refractivity contribution in [3.05, 3.63) is 16.1 Å². The number of carbonyl (C=O) groups excluding carboxylic acids is 1. The van der Waals surface area contributed by atoms with Crippen molar-refractivity contribution < 1.29 is 9.53 Å². The Bertz CT molecular complexity index is 416. The molecule has 0 bridgehead atoms. The standard InChI is InChI=1S/C13H23N3O2S.2ClH/c1-8(2)5-11(14)12(17)15-6-10-7-19-13(16-10)9(3)18-4;;/h7-9,11H,5-6,14H2,1-4H3,(H,15,17);2*1H/t9?,11-;;/m0../s1. The molecule has 1 heterocycles. The largest absolute Gasteiger partial charge is 0.375 e. The van der Waals surface area contributed by atoms with Crippen LogP contribution in [0, 0.1) is 5.92 Å². The topological polar surface area (TPSA) is 77.2 Å². The molecule has 0 aliphatic carbocycles. The molecule has 8 heteroatoms. The van der Waals surface area contributed by atoms with E-state index >= 15 is 0 Å². The molecule has 1 aromatic rings. The summed E-state index contributed by atoms with van der Waals surface area (Å²) in [6, 6.07) is -0.448. The smallest absolute Gasteiger partial charge is 0.237 e. The number of carbonyl (C=O) groups is 1. The number of nitrogens with one attached hydrogen (secondary N) is 1. The third-order valence-corrected chi connectivity index (χ3v) is 3.83. The summed E-state index contributed by atoms with van der Waals surface area (Å²) in [7, 11) is 1.65. The fourth-order valence-corrected chi connectivity index (χ4v) is 2.47. The van der Waals surface area contributed by atoms with Gasteiger partial charge < -0.3 is 15.8 Å². The van der Waals surface area contributed by atoms with Gasteiger partial charge in [0, 0.05) is 12.5 Å². The maximum Gasteiger partial charge on any atom is 0.237 e. The molecule has 1 unspecified atom stereocenters. The number of amides is 1. The molecule has 1 amide bonds. The third-order valence-electron chi connectivity index (χ3n) is 2.78. The highest BCUT2D eigenvalue weighted by Gasteiger charge is 2.15. The summed E-state index contributed by atoms with van der Waals surface area (Å²) >= 11 is 1.53. The molecule has 124 valence electrons. The van der Waals surface area contributed by atoms with Gasteiger partial charge in [-0.15, -0.1) is 36.2 Å². The van der Waals surface area contributed by atoms with Crippen LogP contribution in [0.1, 0.15) is 44.0 Å². The second-order valence-electron chi connectivity index (χ2n) is 5.01. The molecule has 1 aromatic heterocycles. The van der Waals surface area contributed by atoms with Crippen LogP contribution in [0.25, 0.3) is 0 Å². The normalized spacial score (nSPS) is 13.0. The number of thiazole rings is 1. The van der Waals surface area contributed by atoms with Crippen molar-refractivity contribution in [3.63, 3.8) is 0 Å². The molecule has 0 radical (unpaired) electrons. The minimum atomic E-state index is -0.448. The Labute approximate surface area is 142 Å². The van der Waals surface area contributed by atoms with Gasteiger partial charge >= 0.3 is 0 Å². The van der Waals surface area contributed by atoms with E-state index in [1.807, 2.05) is 26.2 Å². The molecule has 0 aromatic carbocycles. The Balaban J connectivity index is 0. The van der Waals surface area contributed by atoms with E-state index in [9.17, 15) is 4.79 Å². The number of halogens is 2. The number of nitrogens with two attached hydrogens (primary N) is 1. The van der Waals surface area contributed by atoms with Crippen LogP contribution >= 0.6 is 36.2 Å². The maximum atomic E-state index is 11.8. The zero-order valence-electron chi connectivity index (χ0n) is 12.8. The van der Waals surface area contributed by atoms with Crippen LogP contribution in [-0.2, 0) is 16.1 Å². The van der Waals surface area contributed by atoms with E-state index in [-0.39, 0.29) is 36.8 Å². The van der Waals surface area contributed by atoms with Crippen LogP contribution in [-0.4, -0.2) is 24.0 Å². The quantitative estimate of drug-likeness (QED) is 0.786. The van der Waals surface area contributed by atoms with E-state index in [0.717, 1.165) is 10.7 Å². The van der Waals surface area contributed by atoms with Crippen LogP contribution in [0.4, 0.5) is 0 Å².